The molecule has 0 N–H and O–H groups in total. The predicted octanol–water partition coefficient (Wildman–Crippen LogP) is 7.01. The monoisotopic (exact) mass is 453 g/mol. The molecule has 0 aliphatic carbocycles. The third-order valence-corrected chi connectivity index (χ3v) is 4.57. The second kappa shape index (κ2) is 9.87. The van der Waals surface area contributed by atoms with Crippen LogP contribution in [-0.4, -0.2) is 13.2 Å². The van der Waals surface area contributed by atoms with Gasteiger partial charge in [0.15, 0.2) is 11.5 Å². The standard InChI is InChI=1S/C20H18BrCl2NO2/c1-3-7-26-20-17(21)9-13(10-19(20)25-4-2)8-14(12-24)16-6-5-15(22)11-18(16)23/h5-6,8-11H,3-4,7H2,1-2H3/b14-8+. The van der Waals surface area contributed by atoms with E-state index >= 15 is 0 Å². The van der Waals surface area contributed by atoms with E-state index in [2.05, 4.69) is 22.0 Å². The molecule has 0 saturated heterocycles. The number of nitriles is 1. The van der Waals surface area contributed by atoms with Gasteiger partial charge in [-0.25, -0.2) is 0 Å². The molecular weight excluding hydrogens is 437 g/mol. The fourth-order valence-electron chi connectivity index (χ4n) is 2.32. The van der Waals surface area contributed by atoms with Gasteiger partial charge in [0.2, 0.25) is 0 Å². The van der Waals surface area contributed by atoms with Gasteiger partial charge >= 0.3 is 0 Å². The van der Waals surface area contributed by atoms with Crippen LogP contribution in [-0.2, 0) is 0 Å². The van der Waals surface area contributed by atoms with Gasteiger partial charge in [-0.15, -0.1) is 0 Å². The van der Waals surface area contributed by atoms with Gasteiger partial charge in [-0.05, 0) is 65.2 Å². The van der Waals surface area contributed by atoms with Gasteiger partial charge in [0.05, 0.1) is 34.4 Å². The molecule has 136 valence electrons. The van der Waals surface area contributed by atoms with E-state index in [9.17, 15) is 5.26 Å². The van der Waals surface area contributed by atoms with E-state index in [-0.39, 0.29) is 0 Å². The van der Waals surface area contributed by atoms with E-state index in [1.165, 1.54) is 0 Å². The zero-order chi connectivity index (χ0) is 19.1. The SMILES string of the molecule is CCCOc1c(Br)cc(/C=C(\C#N)c2ccc(Cl)cc2Cl)cc1OCC. The Kier molecular flexibility index (Phi) is 7.84. The highest BCUT2D eigenvalue weighted by Gasteiger charge is 2.13. The highest BCUT2D eigenvalue weighted by Crippen LogP contribution is 2.38. The number of ether oxygens (including phenoxy) is 2. The largest absolute Gasteiger partial charge is 0.490 e. The number of nitrogens with zero attached hydrogens (tertiary/aromatic N) is 1. The van der Waals surface area contributed by atoms with Gasteiger partial charge in [0.25, 0.3) is 0 Å². The van der Waals surface area contributed by atoms with Crippen LogP contribution in [0.3, 0.4) is 0 Å². The molecule has 3 nitrogen and oxygen atoms in total. The van der Waals surface area contributed by atoms with Crippen LogP contribution in [0.4, 0.5) is 0 Å². The van der Waals surface area contributed by atoms with Gasteiger partial charge in [0, 0.05) is 10.6 Å². The lowest BCUT2D eigenvalue weighted by Crippen LogP contribution is -2.01. The number of hydrogen-bond acceptors (Lipinski definition) is 3. The van der Waals surface area contributed by atoms with Crippen LogP contribution >= 0.6 is 39.1 Å². The first-order valence-corrected chi connectivity index (χ1v) is 9.71. The summed E-state index contributed by atoms with van der Waals surface area (Å²) in [5.74, 6) is 1.29. The molecule has 0 spiro atoms. The van der Waals surface area contributed by atoms with Crippen molar-refractivity contribution in [3.8, 4) is 17.6 Å². The summed E-state index contributed by atoms with van der Waals surface area (Å²) in [5.41, 5.74) is 1.86. The first-order valence-electron chi connectivity index (χ1n) is 8.16. The summed E-state index contributed by atoms with van der Waals surface area (Å²) in [6.07, 6.45) is 2.65. The molecule has 0 unspecified atom stereocenters. The first-order chi connectivity index (χ1) is 12.5. The van der Waals surface area contributed by atoms with E-state index in [1.807, 2.05) is 26.0 Å². The summed E-state index contributed by atoms with van der Waals surface area (Å²) < 4.78 is 12.3. The Bertz CT molecular complexity index is 860. The Morgan fingerprint density at radius 3 is 2.58 bits per heavy atom. The van der Waals surface area contributed by atoms with Crippen molar-refractivity contribution in [1.29, 1.82) is 5.26 Å². The molecule has 0 atom stereocenters. The summed E-state index contributed by atoms with van der Waals surface area (Å²) in [4.78, 5) is 0. The molecule has 2 rings (SSSR count). The molecule has 0 amide bonds. The second-order valence-corrected chi connectivity index (χ2v) is 7.10. The van der Waals surface area contributed by atoms with Gasteiger partial charge in [-0.3, -0.25) is 0 Å². The van der Waals surface area contributed by atoms with E-state index in [4.69, 9.17) is 32.7 Å². The smallest absolute Gasteiger partial charge is 0.175 e. The quantitative estimate of drug-likeness (QED) is 0.333. The molecule has 0 fully saturated rings. The maximum absolute atomic E-state index is 9.57. The van der Waals surface area contributed by atoms with Crippen molar-refractivity contribution in [2.45, 2.75) is 20.3 Å². The summed E-state index contributed by atoms with van der Waals surface area (Å²) in [5, 5.41) is 10.5. The molecular formula is C20H18BrCl2NO2. The molecule has 6 heteroatoms. The molecule has 0 saturated carbocycles. The molecule has 0 aliphatic heterocycles. The van der Waals surface area contributed by atoms with Crippen molar-refractivity contribution in [3.05, 3.63) is 56.0 Å². The summed E-state index contributed by atoms with van der Waals surface area (Å²) >= 11 is 15.7. The van der Waals surface area contributed by atoms with E-state index in [0.29, 0.717) is 45.9 Å². The summed E-state index contributed by atoms with van der Waals surface area (Å²) in [7, 11) is 0. The third-order valence-electron chi connectivity index (χ3n) is 3.43. The van der Waals surface area contributed by atoms with Gasteiger partial charge in [-0.2, -0.15) is 5.26 Å². The molecule has 2 aromatic rings. The van der Waals surface area contributed by atoms with E-state index in [0.717, 1.165) is 16.5 Å². The lowest BCUT2D eigenvalue weighted by Gasteiger charge is -2.14. The summed E-state index contributed by atoms with van der Waals surface area (Å²) in [6.45, 7) is 5.06. The van der Waals surface area contributed by atoms with Gasteiger partial charge in [0.1, 0.15) is 0 Å². The topological polar surface area (TPSA) is 42.2 Å². The minimum atomic E-state index is 0.428. The van der Waals surface area contributed by atoms with Crippen LogP contribution in [0.2, 0.25) is 10.0 Å². The third kappa shape index (κ3) is 5.17. The Morgan fingerprint density at radius 1 is 1.19 bits per heavy atom. The van der Waals surface area contributed by atoms with Gasteiger partial charge in [-0.1, -0.05) is 36.2 Å². The van der Waals surface area contributed by atoms with E-state index < -0.39 is 0 Å². The van der Waals surface area contributed by atoms with Crippen LogP contribution in [0, 0.1) is 11.3 Å². The molecule has 0 radical (unpaired) electrons. The molecule has 0 aliphatic rings. The maximum Gasteiger partial charge on any atom is 0.175 e. The highest BCUT2D eigenvalue weighted by atomic mass is 79.9. The lowest BCUT2D eigenvalue weighted by molar-refractivity contribution is 0.275. The van der Waals surface area contributed by atoms with Crippen molar-refractivity contribution in [2.24, 2.45) is 0 Å². The highest BCUT2D eigenvalue weighted by molar-refractivity contribution is 9.10. The molecule has 0 aromatic heterocycles. The van der Waals surface area contributed by atoms with Crippen LogP contribution < -0.4 is 9.47 Å². The zero-order valence-corrected chi connectivity index (χ0v) is 17.6. The normalized spacial score (nSPS) is 11.2. The molecule has 0 bridgehead atoms. The first kappa shape index (κ1) is 20.6. The van der Waals surface area contributed by atoms with Crippen molar-refractivity contribution in [1.82, 2.24) is 0 Å². The number of halogens is 3. The maximum atomic E-state index is 9.57. The van der Waals surface area contributed by atoms with Crippen LogP contribution in [0.25, 0.3) is 11.6 Å². The van der Waals surface area contributed by atoms with Crippen molar-refractivity contribution in [2.75, 3.05) is 13.2 Å². The van der Waals surface area contributed by atoms with Gasteiger partial charge < -0.3 is 9.47 Å². The van der Waals surface area contributed by atoms with Crippen LogP contribution in [0.1, 0.15) is 31.4 Å². The van der Waals surface area contributed by atoms with Crippen LogP contribution in [0.5, 0.6) is 11.5 Å². The van der Waals surface area contributed by atoms with Crippen molar-refractivity contribution < 1.29 is 9.47 Å². The predicted molar refractivity (Wildman–Crippen MR) is 111 cm³/mol. The van der Waals surface area contributed by atoms with Crippen molar-refractivity contribution in [3.63, 3.8) is 0 Å². The minimum Gasteiger partial charge on any atom is -0.490 e. The second-order valence-electron chi connectivity index (χ2n) is 5.41. The molecule has 2 aromatic carbocycles. The average molecular weight is 455 g/mol. The average Bonchev–Trinajstić information content (AvgIpc) is 2.60. The number of allylic oxidation sites excluding steroid dienone is 1. The minimum absolute atomic E-state index is 0.428. The fourth-order valence-corrected chi connectivity index (χ4v) is 3.41. The van der Waals surface area contributed by atoms with E-state index in [1.54, 1.807) is 24.3 Å². The number of hydrogen-bond donors (Lipinski definition) is 0. The fraction of sp³-hybridized carbons (Fsp3) is 0.250. The Labute approximate surface area is 172 Å². The molecule has 0 heterocycles. The Morgan fingerprint density at radius 2 is 1.96 bits per heavy atom. The van der Waals surface area contributed by atoms with Crippen LogP contribution in [0.15, 0.2) is 34.8 Å². The Hall–Kier alpha value is -1.67. The summed E-state index contributed by atoms with van der Waals surface area (Å²) in [6, 6.07) is 11.0. The lowest BCUT2D eigenvalue weighted by atomic mass is 10.0. The zero-order valence-electron chi connectivity index (χ0n) is 14.5. The van der Waals surface area contributed by atoms with Crippen molar-refractivity contribution >= 4 is 50.8 Å². The number of benzene rings is 2. The number of rotatable bonds is 7. The molecule has 26 heavy (non-hydrogen) atoms. The Balaban J connectivity index is 2.49.